The number of nitrogens with zero attached hydrogens (tertiary/aromatic N) is 2. The van der Waals surface area contributed by atoms with E-state index in [0.29, 0.717) is 5.75 Å². The molecule has 0 unspecified atom stereocenters. The van der Waals surface area contributed by atoms with Gasteiger partial charge in [-0.15, -0.1) is 0 Å². The first-order chi connectivity index (χ1) is 9.22. The molecule has 0 saturated carbocycles. The highest BCUT2D eigenvalue weighted by molar-refractivity contribution is 5.85. The van der Waals surface area contributed by atoms with Crippen LogP contribution in [0.4, 0.5) is 0 Å². The smallest absolute Gasteiger partial charge is 0.354 e. The highest BCUT2D eigenvalue weighted by Gasteiger charge is 2.12. The second-order valence-electron chi connectivity index (χ2n) is 4.43. The van der Waals surface area contributed by atoms with Crippen molar-refractivity contribution in [3.8, 4) is 11.6 Å². The molecule has 0 fully saturated rings. The maximum absolute atomic E-state index is 10.8. The van der Waals surface area contributed by atoms with Gasteiger partial charge in [-0.1, -0.05) is 6.07 Å². The Morgan fingerprint density at radius 3 is 2.84 bits per heavy atom. The fraction of sp³-hybridized carbons (Fsp3) is 0.214. The number of aryl methyl sites for hydroxylation is 2. The third-order valence-corrected chi connectivity index (χ3v) is 3.15. The van der Waals surface area contributed by atoms with Crippen molar-refractivity contribution in [2.24, 2.45) is 0 Å². The molecule has 1 aliphatic rings. The van der Waals surface area contributed by atoms with E-state index in [4.69, 9.17) is 9.84 Å². The Hall–Kier alpha value is -2.43. The predicted molar refractivity (Wildman–Crippen MR) is 67.5 cm³/mol. The molecule has 1 aromatic heterocycles. The fourth-order valence-electron chi connectivity index (χ4n) is 2.24. The van der Waals surface area contributed by atoms with Gasteiger partial charge in [0.25, 0.3) is 0 Å². The number of aromatic nitrogens is 2. The molecule has 1 aromatic carbocycles. The van der Waals surface area contributed by atoms with Gasteiger partial charge in [0.05, 0.1) is 0 Å². The molecule has 96 valence electrons. The predicted octanol–water partition coefficient (Wildman–Crippen LogP) is 2.46. The monoisotopic (exact) mass is 256 g/mol. The highest BCUT2D eigenvalue weighted by atomic mass is 16.5. The number of aromatic carboxylic acids is 1. The lowest BCUT2D eigenvalue weighted by molar-refractivity contribution is 0.0689. The van der Waals surface area contributed by atoms with E-state index < -0.39 is 5.97 Å². The maximum Gasteiger partial charge on any atom is 0.354 e. The molecule has 2 aromatic rings. The van der Waals surface area contributed by atoms with Crippen LogP contribution in [-0.4, -0.2) is 21.0 Å². The van der Waals surface area contributed by atoms with E-state index in [1.165, 1.54) is 29.9 Å². The molecule has 0 bridgehead atoms. The van der Waals surface area contributed by atoms with Gasteiger partial charge in [0, 0.05) is 6.07 Å². The number of carbonyl (C=O) groups is 1. The van der Waals surface area contributed by atoms with Crippen LogP contribution >= 0.6 is 0 Å². The molecule has 19 heavy (non-hydrogen) atoms. The quantitative estimate of drug-likeness (QED) is 0.913. The van der Waals surface area contributed by atoms with Crippen LogP contribution in [-0.2, 0) is 12.8 Å². The van der Waals surface area contributed by atoms with Gasteiger partial charge in [0.15, 0.2) is 5.69 Å². The van der Waals surface area contributed by atoms with E-state index in [1.807, 2.05) is 12.1 Å². The van der Waals surface area contributed by atoms with Crippen LogP contribution in [0.1, 0.15) is 28.0 Å². The van der Waals surface area contributed by atoms with E-state index in [0.717, 1.165) is 12.8 Å². The van der Waals surface area contributed by atoms with Crippen molar-refractivity contribution >= 4 is 5.97 Å². The van der Waals surface area contributed by atoms with Crippen molar-refractivity contribution in [1.29, 1.82) is 0 Å². The molecule has 0 atom stereocenters. The summed E-state index contributed by atoms with van der Waals surface area (Å²) in [4.78, 5) is 18.4. The Balaban J connectivity index is 1.85. The number of benzene rings is 1. The highest BCUT2D eigenvalue weighted by Crippen LogP contribution is 2.28. The van der Waals surface area contributed by atoms with Crippen LogP contribution in [0.5, 0.6) is 11.6 Å². The molecule has 0 aliphatic heterocycles. The summed E-state index contributed by atoms with van der Waals surface area (Å²) < 4.78 is 5.58. The van der Waals surface area contributed by atoms with Crippen LogP contribution in [0.3, 0.4) is 0 Å². The number of carboxylic acid groups (broad SMARTS) is 1. The van der Waals surface area contributed by atoms with Gasteiger partial charge in [-0.25, -0.2) is 14.8 Å². The number of hydrogen-bond acceptors (Lipinski definition) is 4. The van der Waals surface area contributed by atoms with Crippen molar-refractivity contribution in [2.75, 3.05) is 0 Å². The third kappa shape index (κ3) is 2.40. The van der Waals surface area contributed by atoms with Gasteiger partial charge in [-0.2, -0.15) is 0 Å². The molecule has 1 N–H and O–H groups in total. The van der Waals surface area contributed by atoms with Gasteiger partial charge < -0.3 is 9.84 Å². The topological polar surface area (TPSA) is 72.3 Å². The van der Waals surface area contributed by atoms with E-state index in [-0.39, 0.29) is 11.6 Å². The summed E-state index contributed by atoms with van der Waals surface area (Å²) in [6.45, 7) is 0. The van der Waals surface area contributed by atoms with E-state index in [2.05, 4.69) is 16.0 Å². The Morgan fingerprint density at radius 2 is 2.00 bits per heavy atom. The molecule has 0 amide bonds. The van der Waals surface area contributed by atoms with E-state index in [1.54, 1.807) is 0 Å². The molecular weight excluding hydrogens is 244 g/mol. The summed E-state index contributed by atoms with van der Waals surface area (Å²) in [5.41, 5.74) is 2.58. The zero-order chi connectivity index (χ0) is 13.2. The minimum atomic E-state index is -1.10. The lowest BCUT2D eigenvalue weighted by atomic mass is 10.1. The van der Waals surface area contributed by atoms with Crippen LogP contribution in [0, 0.1) is 0 Å². The van der Waals surface area contributed by atoms with Gasteiger partial charge in [-0.05, 0) is 42.5 Å². The van der Waals surface area contributed by atoms with Gasteiger partial charge in [-0.3, -0.25) is 0 Å². The molecule has 0 spiro atoms. The summed E-state index contributed by atoms with van der Waals surface area (Å²) >= 11 is 0. The summed E-state index contributed by atoms with van der Waals surface area (Å²) in [5.74, 6) is -0.178. The fourth-order valence-corrected chi connectivity index (χ4v) is 2.24. The second kappa shape index (κ2) is 4.68. The molecule has 5 heteroatoms. The third-order valence-electron chi connectivity index (χ3n) is 3.15. The minimum absolute atomic E-state index is 0.0776. The van der Waals surface area contributed by atoms with Crippen molar-refractivity contribution in [3.05, 3.63) is 47.4 Å². The second-order valence-corrected chi connectivity index (χ2v) is 4.43. The van der Waals surface area contributed by atoms with Crippen LogP contribution in [0.15, 0.2) is 30.6 Å². The van der Waals surface area contributed by atoms with E-state index in [9.17, 15) is 4.79 Å². The Morgan fingerprint density at radius 1 is 1.16 bits per heavy atom. The van der Waals surface area contributed by atoms with Gasteiger partial charge >= 0.3 is 5.97 Å². The Kier molecular flexibility index (Phi) is 2.87. The average molecular weight is 256 g/mol. The minimum Gasteiger partial charge on any atom is -0.477 e. The summed E-state index contributed by atoms with van der Waals surface area (Å²) in [6, 6.07) is 7.24. The number of rotatable bonds is 3. The van der Waals surface area contributed by atoms with Crippen molar-refractivity contribution in [1.82, 2.24) is 9.97 Å². The first-order valence-corrected chi connectivity index (χ1v) is 6.07. The van der Waals surface area contributed by atoms with Gasteiger partial charge in [0.2, 0.25) is 5.88 Å². The van der Waals surface area contributed by atoms with Gasteiger partial charge in [0.1, 0.15) is 12.1 Å². The first-order valence-electron chi connectivity index (χ1n) is 6.07. The first kappa shape index (κ1) is 11.6. The van der Waals surface area contributed by atoms with Crippen molar-refractivity contribution < 1.29 is 14.6 Å². The number of hydrogen-bond donors (Lipinski definition) is 1. The average Bonchev–Trinajstić information content (AvgIpc) is 2.86. The zero-order valence-corrected chi connectivity index (χ0v) is 10.2. The normalized spacial score (nSPS) is 13.1. The van der Waals surface area contributed by atoms with Crippen molar-refractivity contribution in [2.45, 2.75) is 19.3 Å². The largest absolute Gasteiger partial charge is 0.477 e. The van der Waals surface area contributed by atoms with Crippen molar-refractivity contribution in [3.63, 3.8) is 0 Å². The Bertz CT molecular complexity index is 640. The molecule has 1 heterocycles. The SMILES string of the molecule is O=C(O)c1cc(Oc2ccc3c(c2)CCC3)ncn1. The summed E-state index contributed by atoms with van der Waals surface area (Å²) in [5, 5.41) is 8.86. The van der Waals surface area contributed by atoms with Crippen LogP contribution in [0.25, 0.3) is 0 Å². The Labute approximate surface area is 109 Å². The molecule has 5 nitrogen and oxygen atoms in total. The molecule has 1 aliphatic carbocycles. The molecule has 0 radical (unpaired) electrons. The van der Waals surface area contributed by atoms with Crippen LogP contribution < -0.4 is 4.74 Å². The number of ether oxygens (including phenoxy) is 1. The number of fused-ring (bicyclic) bond motifs is 1. The van der Waals surface area contributed by atoms with E-state index >= 15 is 0 Å². The standard InChI is InChI=1S/C14H12N2O3/c17-14(18)12-7-13(16-8-15-12)19-11-5-4-9-2-1-3-10(9)6-11/h4-8H,1-3H2,(H,17,18). The molecular formula is C14H12N2O3. The summed E-state index contributed by atoms with van der Waals surface area (Å²) in [7, 11) is 0. The number of carboxylic acids is 1. The van der Waals surface area contributed by atoms with Crippen LogP contribution in [0.2, 0.25) is 0 Å². The zero-order valence-electron chi connectivity index (χ0n) is 10.2. The lowest BCUT2D eigenvalue weighted by Gasteiger charge is -2.07. The molecule has 3 rings (SSSR count). The summed E-state index contributed by atoms with van der Waals surface area (Å²) in [6.07, 6.45) is 4.55. The lowest BCUT2D eigenvalue weighted by Crippen LogP contribution is -2.01. The molecule has 0 saturated heterocycles. The maximum atomic E-state index is 10.8.